The number of hydrogen-bond donors (Lipinski definition) is 1. The predicted octanol–water partition coefficient (Wildman–Crippen LogP) is 5.11. The molecule has 6 nitrogen and oxygen atoms in total. The van der Waals surface area contributed by atoms with Gasteiger partial charge in [-0.1, -0.05) is 93.0 Å². The van der Waals surface area contributed by atoms with Gasteiger partial charge in [0.05, 0.1) is 18.2 Å². The number of anilines is 1. The molecular weight excluding hydrogens is 513 g/mol. The molecular formula is C26H27ClFN5OSSi. The maximum Gasteiger partial charge on any atom is 0.261 e. The standard InChI is InChI=1S/C26H27ClFN5OSSi/c1-26(2,3)36(18-10-6-4-7-11-18,19-12-8-5-9-13-19)34-15-17-14-20(28)24(35-17)33-16-30-21-22(27)31-25(29)32-23(21)33/h4-14,16-17,24H,15H2,1-3H3,(H2,29,31,32)/t17-,24+/m0/s1. The van der Waals surface area contributed by atoms with Gasteiger partial charge < -0.3 is 10.2 Å². The van der Waals surface area contributed by atoms with Crippen molar-refractivity contribution >= 4 is 59.2 Å². The van der Waals surface area contributed by atoms with Gasteiger partial charge in [-0.15, -0.1) is 11.8 Å². The fraction of sp³-hybridized carbons (Fsp3) is 0.269. The van der Waals surface area contributed by atoms with E-state index in [1.165, 1.54) is 28.5 Å². The van der Waals surface area contributed by atoms with Gasteiger partial charge in [0.2, 0.25) is 5.95 Å². The maximum atomic E-state index is 15.3. The second kappa shape index (κ2) is 9.62. The SMILES string of the molecule is CC(C)(C)[Si](OC[C@@H]1C=C(F)[C@H](n2cnc3c(Cl)nc(N)nc32)S1)(c1ccccc1)c1ccccc1. The molecule has 186 valence electrons. The summed E-state index contributed by atoms with van der Waals surface area (Å²) in [4.78, 5) is 12.5. The molecule has 1 aliphatic heterocycles. The first-order chi connectivity index (χ1) is 17.2. The molecule has 0 saturated carbocycles. The van der Waals surface area contributed by atoms with Gasteiger partial charge in [0, 0.05) is 0 Å². The highest BCUT2D eigenvalue weighted by atomic mass is 35.5. The third-order valence-corrected chi connectivity index (χ3v) is 13.0. The molecule has 10 heteroatoms. The van der Waals surface area contributed by atoms with Crippen molar-refractivity contribution in [1.82, 2.24) is 19.5 Å². The zero-order valence-corrected chi connectivity index (χ0v) is 22.8. The van der Waals surface area contributed by atoms with Crippen LogP contribution < -0.4 is 16.1 Å². The minimum atomic E-state index is -2.72. The van der Waals surface area contributed by atoms with E-state index < -0.39 is 13.7 Å². The first-order valence-electron chi connectivity index (χ1n) is 11.6. The molecule has 0 aliphatic carbocycles. The summed E-state index contributed by atoms with van der Waals surface area (Å²) >= 11 is 7.62. The summed E-state index contributed by atoms with van der Waals surface area (Å²) in [5, 5.41) is 1.55. The van der Waals surface area contributed by atoms with Crippen LogP contribution in [0.3, 0.4) is 0 Å². The molecule has 0 bridgehead atoms. The Morgan fingerprint density at radius 3 is 2.25 bits per heavy atom. The van der Waals surface area contributed by atoms with Gasteiger partial charge in [-0.3, -0.25) is 4.57 Å². The van der Waals surface area contributed by atoms with Gasteiger partial charge in [-0.2, -0.15) is 9.97 Å². The van der Waals surface area contributed by atoms with Gasteiger partial charge in [0.25, 0.3) is 8.32 Å². The number of halogens is 2. The van der Waals surface area contributed by atoms with Crippen molar-refractivity contribution in [3.8, 4) is 0 Å². The van der Waals surface area contributed by atoms with E-state index in [0.29, 0.717) is 17.8 Å². The van der Waals surface area contributed by atoms with E-state index in [-0.39, 0.29) is 27.2 Å². The van der Waals surface area contributed by atoms with Gasteiger partial charge in [-0.25, -0.2) is 9.37 Å². The molecule has 2 aromatic heterocycles. The second-order valence-electron chi connectivity index (χ2n) is 9.75. The monoisotopic (exact) mass is 539 g/mol. The Morgan fingerprint density at radius 1 is 1.06 bits per heavy atom. The zero-order chi connectivity index (χ0) is 25.5. The number of rotatable bonds is 6. The molecule has 1 aliphatic rings. The Hall–Kier alpha value is -2.72. The Kier molecular flexibility index (Phi) is 6.67. The maximum absolute atomic E-state index is 15.3. The van der Waals surface area contributed by atoms with Crippen LogP contribution in [0.1, 0.15) is 26.1 Å². The van der Waals surface area contributed by atoms with Gasteiger partial charge >= 0.3 is 0 Å². The van der Waals surface area contributed by atoms with Gasteiger partial charge in [0.15, 0.2) is 10.8 Å². The summed E-state index contributed by atoms with van der Waals surface area (Å²) < 4.78 is 23.9. The number of thioether (sulfide) groups is 1. The lowest BCUT2D eigenvalue weighted by atomic mass is 10.2. The van der Waals surface area contributed by atoms with E-state index >= 15 is 4.39 Å². The number of imidazole rings is 1. The fourth-order valence-corrected chi connectivity index (χ4v) is 11.0. The Balaban J connectivity index is 1.46. The van der Waals surface area contributed by atoms with Crippen LogP contribution in [0.4, 0.5) is 10.3 Å². The summed E-state index contributed by atoms with van der Waals surface area (Å²) in [6.45, 7) is 7.05. The number of nitrogens with two attached hydrogens (primary N) is 1. The average molecular weight is 540 g/mol. The van der Waals surface area contributed by atoms with E-state index in [2.05, 4.69) is 84.3 Å². The number of benzene rings is 2. The first kappa shape index (κ1) is 24.9. The number of hydrogen-bond acceptors (Lipinski definition) is 6. The van der Waals surface area contributed by atoms with Crippen molar-refractivity contribution < 1.29 is 8.82 Å². The molecule has 0 fully saturated rings. The normalized spacial score (nSPS) is 18.5. The Morgan fingerprint density at radius 2 is 1.67 bits per heavy atom. The molecule has 36 heavy (non-hydrogen) atoms. The van der Waals surface area contributed by atoms with E-state index in [9.17, 15) is 0 Å². The summed E-state index contributed by atoms with van der Waals surface area (Å²) in [7, 11) is -2.72. The van der Waals surface area contributed by atoms with Gasteiger partial charge in [-0.05, 0) is 21.5 Å². The van der Waals surface area contributed by atoms with Crippen molar-refractivity contribution in [2.45, 2.75) is 36.4 Å². The van der Waals surface area contributed by atoms with Crippen molar-refractivity contribution in [2.75, 3.05) is 12.3 Å². The molecule has 0 amide bonds. The number of aromatic nitrogens is 4. The average Bonchev–Trinajstić information content (AvgIpc) is 3.43. The molecule has 0 spiro atoms. The van der Waals surface area contributed by atoms with E-state index in [1.807, 2.05) is 12.1 Å². The zero-order valence-electron chi connectivity index (χ0n) is 20.2. The summed E-state index contributed by atoms with van der Waals surface area (Å²) in [6.07, 6.45) is 3.16. The first-order valence-corrected chi connectivity index (χ1v) is 14.9. The molecule has 0 saturated heterocycles. The third-order valence-electron chi connectivity index (χ3n) is 6.41. The minimum Gasteiger partial charge on any atom is -0.406 e. The molecule has 2 atom stereocenters. The van der Waals surface area contributed by atoms with E-state index in [1.54, 1.807) is 10.6 Å². The van der Waals surface area contributed by atoms with Crippen molar-refractivity contribution in [1.29, 1.82) is 0 Å². The Labute approximate surface area is 219 Å². The summed E-state index contributed by atoms with van der Waals surface area (Å²) in [6, 6.07) is 20.8. The van der Waals surface area contributed by atoms with Crippen molar-refractivity contribution in [3.63, 3.8) is 0 Å². The van der Waals surface area contributed by atoms with Crippen LogP contribution >= 0.6 is 23.4 Å². The van der Waals surface area contributed by atoms with Crippen LogP contribution in [-0.4, -0.2) is 39.7 Å². The highest BCUT2D eigenvalue weighted by Gasteiger charge is 2.50. The lowest BCUT2D eigenvalue weighted by Gasteiger charge is -2.43. The Bertz CT molecular complexity index is 1370. The largest absolute Gasteiger partial charge is 0.406 e. The van der Waals surface area contributed by atoms with Crippen molar-refractivity contribution in [2.24, 2.45) is 0 Å². The fourth-order valence-electron chi connectivity index (χ4n) is 4.85. The van der Waals surface area contributed by atoms with Crippen LogP contribution in [0, 0.1) is 0 Å². The highest BCUT2D eigenvalue weighted by Crippen LogP contribution is 2.45. The van der Waals surface area contributed by atoms with Crippen molar-refractivity contribution in [3.05, 3.63) is 84.0 Å². The van der Waals surface area contributed by atoms with Crippen LogP contribution in [0.15, 0.2) is 78.9 Å². The van der Waals surface area contributed by atoms with E-state index in [0.717, 1.165) is 0 Å². The molecule has 3 heterocycles. The molecule has 4 aromatic rings. The molecule has 5 rings (SSSR count). The van der Waals surface area contributed by atoms with Crippen LogP contribution in [-0.2, 0) is 4.43 Å². The lowest BCUT2D eigenvalue weighted by molar-refractivity contribution is 0.308. The van der Waals surface area contributed by atoms with Crippen LogP contribution in [0.2, 0.25) is 10.2 Å². The number of nitrogen functional groups attached to an aromatic ring is 1. The highest BCUT2D eigenvalue weighted by molar-refractivity contribution is 8.00. The molecule has 2 N–H and O–H groups in total. The molecule has 2 aromatic carbocycles. The molecule has 0 unspecified atom stereocenters. The predicted molar refractivity (Wildman–Crippen MR) is 148 cm³/mol. The smallest absolute Gasteiger partial charge is 0.261 e. The summed E-state index contributed by atoms with van der Waals surface area (Å²) in [5.41, 5.74) is 6.58. The van der Waals surface area contributed by atoms with E-state index in [4.69, 9.17) is 21.8 Å². The second-order valence-corrected chi connectivity index (χ2v) is 15.7. The van der Waals surface area contributed by atoms with Crippen LogP contribution in [0.25, 0.3) is 11.2 Å². The topological polar surface area (TPSA) is 78.8 Å². The van der Waals surface area contributed by atoms with Crippen LogP contribution in [0.5, 0.6) is 0 Å². The molecule has 0 radical (unpaired) electrons. The summed E-state index contributed by atoms with van der Waals surface area (Å²) in [5.74, 6) is -0.253. The third kappa shape index (κ3) is 4.34. The van der Waals surface area contributed by atoms with Gasteiger partial charge in [0.1, 0.15) is 16.7 Å². The lowest BCUT2D eigenvalue weighted by Crippen LogP contribution is -2.67. The number of fused-ring (bicyclic) bond motifs is 1. The number of nitrogens with zero attached hydrogens (tertiary/aromatic N) is 4. The quantitative estimate of drug-likeness (QED) is 0.271. The minimum absolute atomic E-state index is 0.0215.